The number of hydrogen-bond donors (Lipinski definition) is 0. The number of aromatic nitrogens is 1. The Bertz CT molecular complexity index is 1960. The molecule has 0 aliphatic carbocycles. The molecule has 8 rings (SSSR count). The molecule has 0 bridgehead atoms. The average Bonchev–Trinajstić information content (AvgIpc) is 3.36. The summed E-state index contributed by atoms with van der Waals surface area (Å²) in [4.78, 5) is 2.28. The van der Waals surface area contributed by atoms with Crippen molar-refractivity contribution in [3.63, 3.8) is 0 Å². The molecule has 4 heteroatoms. The van der Waals surface area contributed by atoms with E-state index in [1.54, 1.807) is 0 Å². The molecular weight excluding hydrogens is 492 g/mol. The number of nitrogens with zero attached hydrogens (tertiary/aromatic N) is 2. The molecule has 0 N–H and O–H groups in total. The van der Waals surface area contributed by atoms with E-state index >= 15 is 0 Å². The van der Waals surface area contributed by atoms with Gasteiger partial charge < -0.3 is 18.9 Å². The first kappa shape index (κ1) is 22.5. The van der Waals surface area contributed by atoms with Crippen LogP contribution in [0.1, 0.15) is 0 Å². The normalized spacial score (nSPS) is 11.9. The van der Waals surface area contributed by atoms with Gasteiger partial charge in [0, 0.05) is 28.1 Å². The lowest BCUT2D eigenvalue weighted by molar-refractivity contribution is 0.363. The highest BCUT2D eigenvalue weighted by molar-refractivity contribution is 6.14. The molecule has 4 nitrogen and oxygen atoms in total. The fraction of sp³-hybridized carbons (Fsp3) is 0. The van der Waals surface area contributed by atoms with Gasteiger partial charge in [-0.15, -0.1) is 0 Å². The summed E-state index contributed by atoms with van der Waals surface area (Å²) < 4.78 is 15.2. The van der Waals surface area contributed by atoms with Crippen molar-refractivity contribution in [2.75, 3.05) is 4.90 Å². The average molecular weight is 517 g/mol. The van der Waals surface area contributed by atoms with Gasteiger partial charge in [0.15, 0.2) is 23.0 Å². The Hall–Kier alpha value is -5.48. The molecule has 0 saturated carbocycles. The summed E-state index contributed by atoms with van der Waals surface area (Å²) >= 11 is 0. The molecule has 7 aromatic rings. The molecule has 0 radical (unpaired) electrons. The van der Waals surface area contributed by atoms with Crippen LogP contribution in [-0.2, 0) is 0 Å². The van der Waals surface area contributed by atoms with Gasteiger partial charge in [-0.05, 0) is 78.9 Å². The van der Waals surface area contributed by atoms with E-state index in [4.69, 9.17) is 9.47 Å². The largest absolute Gasteiger partial charge is 0.449 e. The van der Waals surface area contributed by atoms with Crippen LogP contribution in [0.25, 0.3) is 27.5 Å². The summed E-state index contributed by atoms with van der Waals surface area (Å²) in [7, 11) is 0. The maximum Gasteiger partial charge on any atom is 0.180 e. The minimum Gasteiger partial charge on any atom is -0.449 e. The Morgan fingerprint density at radius 3 is 1.70 bits per heavy atom. The first-order valence-corrected chi connectivity index (χ1v) is 13.4. The van der Waals surface area contributed by atoms with Gasteiger partial charge in [-0.1, -0.05) is 66.7 Å². The molecule has 190 valence electrons. The molecule has 6 aromatic carbocycles. The molecule has 0 amide bonds. The maximum atomic E-state index is 6.57. The van der Waals surface area contributed by atoms with E-state index in [1.165, 1.54) is 0 Å². The monoisotopic (exact) mass is 516 g/mol. The van der Waals surface area contributed by atoms with E-state index in [9.17, 15) is 0 Å². The minimum absolute atomic E-state index is 0.715. The van der Waals surface area contributed by atoms with Gasteiger partial charge >= 0.3 is 0 Å². The van der Waals surface area contributed by atoms with Gasteiger partial charge in [-0.25, -0.2) is 0 Å². The van der Waals surface area contributed by atoms with E-state index in [0.717, 1.165) is 61.8 Å². The van der Waals surface area contributed by atoms with Crippen LogP contribution < -0.4 is 14.4 Å². The van der Waals surface area contributed by atoms with Crippen LogP contribution in [-0.4, -0.2) is 4.57 Å². The topological polar surface area (TPSA) is 26.6 Å². The molecule has 1 aliphatic rings. The third kappa shape index (κ3) is 3.54. The van der Waals surface area contributed by atoms with Gasteiger partial charge in [-0.3, -0.25) is 0 Å². The number of rotatable bonds is 4. The summed E-state index contributed by atoms with van der Waals surface area (Å²) in [5.74, 6) is 2.89. The number of para-hydroxylation sites is 5. The number of fused-ring (bicyclic) bond motifs is 6. The van der Waals surface area contributed by atoms with E-state index in [1.807, 2.05) is 48.5 Å². The molecule has 0 unspecified atom stereocenters. The van der Waals surface area contributed by atoms with Gasteiger partial charge in [-0.2, -0.15) is 0 Å². The number of ether oxygens (including phenoxy) is 2. The number of anilines is 3. The number of hydrogen-bond acceptors (Lipinski definition) is 3. The lowest BCUT2D eigenvalue weighted by Crippen LogP contribution is -2.09. The first-order valence-electron chi connectivity index (χ1n) is 13.4. The van der Waals surface area contributed by atoms with E-state index in [2.05, 4.69) is 107 Å². The van der Waals surface area contributed by atoms with E-state index < -0.39 is 0 Å². The Balaban J connectivity index is 1.43. The molecule has 0 atom stereocenters. The van der Waals surface area contributed by atoms with Crippen molar-refractivity contribution in [1.29, 1.82) is 0 Å². The van der Waals surface area contributed by atoms with Gasteiger partial charge in [0.2, 0.25) is 0 Å². The van der Waals surface area contributed by atoms with E-state index in [0.29, 0.717) is 5.75 Å². The maximum absolute atomic E-state index is 6.57. The molecule has 1 aliphatic heterocycles. The van der Waals surface area contributed by atoms with Crippen LogP contribution in [0.4, 0.5) is 17.1 Å². The van der Waals surface area contributed by atoms with Crippen molar-refractivity contribution in [1.82, 2.24) is 4.57 Å². The minimum atomic E-state index is 0.715. The summed E-state index contributed by atoms with van der Waals surface area (Å²) in [6.07, 6.45) is 0. The van der Waals surface area contributed by atoms with Crippen LogP contribution in [0.3, 0.4) is 0 Å². The summed E-state index contributed by atoms with van der Waals surface area (Å²) in [6.45, 7) is 0. The van der Waals surface area contributed by atoms with Crippen LogP contribution in [0.2, 0.25) is 0 Å². The summed E-state index contributed by atoms with van der Waals surface area (Å²) in [5, 5.41) is 2.11. The van der Waals surface area contributed by atoms with Crippen LogP contribution in [0.5, 0.6) is 23.0 Å². The Labute approximate surface area is 231 Å². The van der Waals surface area contributed by atoms with Crippen molar-refractivity contribution in [3.8, 4) is 28.7 Å². The molecule has 1 aromatic heterocycles. The molecule has 2 heterocycles. The zero-order valence-electron chi connectivity index (χ0n) is 21.6. The molecule has 0 spiro atoms. The highest BCUT2D eigenvalue weighted by Crippen LogP contribution is 2.51. The van der Waals surface area contributed by atoms with Crippen LogP contribution >= 0.6 is 0 Å². The third-order valence-corrected chi connectivity index (χ3v) is 7.41. The second-order valence-electron chi connectivity index (χ2n) is 9.82. The van der Waals surface area contributed by atoms with E-state index in [-0.39, 0.29) is 0 Å². The van der Waals surface area contributed by atoms with Crippen molar-refractivity contribution in [3.05, 3.63) is 146 Å². The van der Waals surface area contributed by atoms with Crippen molar-refractivity contribution in [2.24, 2.45) is 0 Å². The van der Waals surface area contributed by atoms with Crippen LogP contribution in [0, 0.1) is 0 Å². The molecule has 0 fully saturated rings. The second-order valence-corrected chi connectivity index (χ2v) is 9.82. The smallest absolute Gasteiger partial charge is 0.180 e. The Kier molecular flexibility index (Phi) is 5.10. The molecular formula is C36H24N2O2. The fourth-order valence-electron chi connectivity index (χ4n) is 5.67. The standard InChI is InChI=1S/C36H24N2O2/c1-4-12-25(13-5-1)37(26-14-6-2-7-15-26)28-20-21-30-29(24-28)35-31(38(30)27-16-8-3-9-17-27)22-23-34-36(35)40-33-19-11-10-18-32(33)39-34/h1-24H. The van der Waals surface area contributed by atoms with Gasteiger partial charge in [0.1, 0.15) is 0 Å². The predicted octanol–water partition coefficient (Wildman–Crippen LogP) is 10.2. The Morgan fingerprint density at radius 2 is 1.02 bits per heavy atom. The van der Waals surface area contributed by atoms with Crippen molar-refractivity contribution >= 4 is 38.9 Å². The number of benzene rings is 6. The molecule has 40 heavy (non-hydrogen) atoms. The highest BCUT2D eigenvalue weighted by atomic mass is 16.6. The van der Waals surface area contributed by atoms with Gasteiger partial charge in [0.05, 0.1) is 16.4 Å². The quantitative estimate of drug-likeness (QED) is 0.233. The first-order chi connectivity index (χ1) is 19.8. The fourth-order valence-corrected chi connectivity index (χ4v) is 5.67. The summed E-state index contributed by atoms with van der Waals surface area (Å²) in [6, 6.07) is 50.0. The lowest BCUT2D eigenvalue weighted by atomic mass is 10.1. The lowest BCUT2D eigenvalue weighted by Gasteiger charge is -2.25. The highest BCUT2D eigenvalue weighted by Gasteiger charge is 2.26. The third-order valence-electron chi connectivity index (χ3n) is 7.41. The van der Waals surface area contributed by atoms with Crippen molar-refractivity contribution in [2.45, 2.75) is 0 Å². The SMILES string of the molecule is c1ccc(N(c2ccccc2)c2ccc3c(c2)c2c4c(ccc2n3-c2ccccc2)Oc2ccccc2O4)cc1. The second kappa shape index (κ2) is 9.07. The van der Waals surface area contributed by atoms with Crippen LogP contribution in [0.15, 0.2) is 146 Å². The van der Waals surface area contributed by atoms with Gasteiger partial charge in [0.25, 0.3) is 0 Å². The zero-order valence-corrected chi connectivity index (χ0v) is 21.6. The molecule has 0 saturated heterocycles. The summed E-state index contributed by atoms with van der Waals surface area (Å²) in [5.41, 5.74) is 6.50. The Morgan fingerprint density at radius 1 is 0.450 bits per heavy atom. The predicted molar refractivity (Wildman–Crippen MR) is 162 cm³/mol. The zero-order chi connectivity index (χ0) is 26.5. The van der Waals surface area contributed by atoms with Crippen molar-refractivity contribution < 1.29 is 9.47 Å².